The van der Waals surface area contributed by atoms with Crippen molar-refractivity contribution in [2.45, 2.75) is 25.9 Å². The maximum atomic E-state index is 12.2. The molecule has 8 heteroatoms. The van der Waals surface area contributed by atoms with E-state index in [1.165, 1.54) is 6.20 Å². The number of hydrogen-bond acceptors (Lipinski definition) is 4. The number of rotatable bonds is 6. The van der Waals surface area contributed by atoms with E-state index < -0.39 is 29.2 Å². The van der Waals surface area contributed by atoms with Crippen molar-refractivity contribution in [1.29, 1.82) is 0 Å². The van der Waals surface area contributed by atoms with Crippen molar-refractivity contribution in [3.8, 4) is 0 Å². The molecule has 1 aromatic heterocycles. The van der Waals surface area contributed by atoms with Gasteiger partial charge < -0.3 is 10.4 Å². The predicted octanol–water partition coefficient (Wildman–Crippen LogP) is 0.177. The summed E-state index contributed by atoms with van der Waals surface area (Å²) < 4.78 is 1.03. The largest absolute Gasteiger partial charge is 0.481 e. The Morgan fingerprint density at radius 1 is 1.25 bits per heavy atom. The molecule has 0 bridgehead atoms. The molecule has 0 saturated heterocycles. The average molecular weight is 331 g/mol. The van der Waals surface area contributed by atoms with E-state index in [2.05, 4.69) is 5.32 Å². The lowest BCUT2D eigenvalue weighted by atomic mass is 9.99. The molecule has 0 aliphatic heterocycles. The van der Waals surface area contributed by atoms with Gasteiger partial charge in [-0.3, -0.25) is 23.9 Å². The lowest BCUT2D eigenvalue weighted by molar-refractivity contribution is -0.137. The fourth-order valence-corrected chi connectivity index (χ4v) is 2.35. The van der Waals surface area contributed by atoms with Gasteiger partial charge in [0.15, 0.2) is 0 Å². The summed E-state index contributed by atoms with van der Waals surface area (Å²) in [6.45, 7) is 1.50. The Morgan fingerprint density at radius 2 is 1.96 bits per heavy atom. The highest BCUT2D eigenvalue weighted by Gasteiger charge is 2.19. The zero-order chi connectivity index (χ0) is 17.7. The topological polar surface area (TPSA) is 121 Å². The molecule has 1 heterocycles. The minimum atomic E-state index is -1.05. The van der Waals surface area contributed by atoms with Gasteiger partial charge in [-0.25, -0.2) is 4.79 Å². The minimum Gasteiger partial charge on any atom is -0.481 e. The zero-order valence-corrected chi connectivity index (χ0v) is 13.0. The third-order valence-electron chi connectivity index (χ3n) is 3.49. The monoisotopic (exact) mass is 331 g/mol. The minimum absolute atomic E-state index is 0.281. The van der Waals surface area contributed by atoms with Crippen molar-refractivity contribution in [3.05, 3.63) is 68.5 Å². The number of nitrogens with zero attached hydrogens (tertiary/aromatic N) is 1. The van der Waals surface area contributed by atoms with Crippen molar-refractivity contribution in [2.24, 2.45) is 0 Å². The van der Waals surface area contributed by atoms with E-state index in [-0.39, 0.29) is 13.0 Å². The summed E-state index contributed by atoms with van der Waals surface area (Å²) in [6, 6.07) is 7.56. The first-order chi connectivity index (χ1) is 11.4. The number of H-pyrrole nitrogens is 1. The third kappa shape index (κ3) is 4.42. The van der Waals surface area contributed by atoms with Crippen LogP contribution in [-0.4, -0.2) is 26.5 Å². The Morgan fingerprint density at radius 3 is 2.58 bits per heavy atom. The van der Waals surface area contributed by atoms with Crippen molar-refractivity contribution >= 4 is 11.9 Å². The Kier molecular flexibility index (Phi) is 5.31. The first-order valence-corrected chi connectivity index (χ1v) is 7.23. The Balaban J connectivity index is 2.18. The van der Waals surface area contributed by atoms with Gasteiger partial charge in [0.25, 0.3) is 5.56 Å². The lowest BCUT2D eigenvalue weighted by Gasteiger charge is -2.19. The molecule has 2 aromatic rings. The number of amides is 1. The molecule has 0 spiro atoms. The summed E-state index contributed by atoms with van der Waals surface area (Å²) >= 11 is 0. The van der Waals surface area contributed by atoms with E-state index in [1.54, 1.807) is 12.1 Å². The van der Waals surface area contributed by atoms with Gasteiger partial charge >= 0.3 is 11.7 Å². The van der Waals surface area contributed by atoms with Crippen molar-refractivity contribution in [1.82, 2.24) is 14.9 Å². The van der Waals surface area contributed by atoms with Crippen LogP contribution in [0.5, 0.6) is 0 Å². The molecular formula is C16H17N3O5. The van der Waals surface area contributed by atoms with E-state index in [9.17, 15) is 19.2 Å². The molecule has 24 heavy (non-hydrogen) atoms. The van der Waals surface area contributed by atoms with E-state index in [1.807, 2.05) is 24.0 Å². The molecule has 0 aliphatic carbocycles. The molecule has 0 saturated carbocycles. The van der Waals surface area contributed by atoms with Crippen LogP contribution in [0.4, 0.5) is 0 Å². The standard InChI is InChI=1S/C16H17N3O5/c1-10-4-2-3-5-11(10)12(8-15(22)23)17-14(21)9-19-7-6-13(20)18-16(19)24/h2-7,12H,8-9H2,1H3,(H,17,21)(H,22,23)(H,18,20,24). The number of benzene rings is 1. The molecule has 1 aromatic carbocycles. The van der Waals surface area contributed by atoms with Crippen LogP contribution < -0.4 is 16.6 Å². The molecule has 1 unspecified atom stereocenters. The SMILES string of the molecule is Cc1ccccc1C(CC(=O)O)NC(=O)Cn1ccc(=O)[nH]c1=O. The third-order valence-corrected chi connectivity index (χ3v) is 3.49. The Bertz CT molecular complexity index is 868. The molecule has 126 valence electrons. The van der Waals surface area contributed by atoms with Crippen LogP contribution in [0.1, 0.15) is 23.6 Å². The number of carboxylic acids is 1. The zero-order valence-electron chi connectivity index (χ0n) is 13.0. The second-order valence-corrected chi connectivity index (χ2v) is 5.31. The number of aryl methyl sites for hydroxylation is 1. The van der Waals surface area contributed by atoms with Crippen LogP contribution in [0.3, 0.4) is 0 Å². The van der Waals surface area contributed by atoms with Crippen LogP contribution in [0.15, 0.2) is 46.1 Å². The summed E-state index contributed by atoms with van der Waals surface area (Å²) in [5, 5.41) is 11.7. The predicted molar refractivity (Wildman–Crippen MR) is 85.6 cm³/mol. The highest BCUT2D eigenvalue weighted by Crippen LogP contribution is 2.20. The smallest absolute Gasteiger partial charge is 0.328 e. The fraction of sp³-hybridized carbons (Fsp3) is 0.250. The number of nitrogens with one attached hydrogen (secondary N) is 2. The molecule has 2 rings (SSSR count). The fourth-order valence-electron chi connectivity index (χ4n) is 2.35. The number of aromatic amines is 1. The molecule has 1 atom stereocenters. The molecule has 0 fully saturated rings. The summed E-state index contributed by atoms with van der Waals surface area (Å²) in [6.07, 6.45) is 0.928. The van der Waals surface area contributed by atoms with Gasteiger partial charge in [0.05, 0.1) is 12.5 Å². The van der Waals surface area contributed by atoms with E-state index >= 15 is 0 Å². The number of carbonyl (C=O) groups excluding carboxylic acids is 1. The van der Waals surface area contributed by atoms with Gasteiger partial charge in [-0.15, -0.1) is 0 Å². The maximum absolute atomic E-state index is 12.2. The quantitative estimate of drug-likeness (QED) is 0.697. The van der Waals surface area contributed by atoms with Gasteiger partial charge in [0, 0.05) is 12.3 Å². The molecule has 8 nitrogen and oxygen atoms in total. The van der Waals surface area contributed by atoms with Crippen molar-refractivity contribution in [3.63, 3.8) is 0 Å². The second kappa shape index (κ2) is 7.40. The first-order valence-electron chi connectivity index (χ1n) is 7.23. The number of carbonyl (C=O) groups is 2. The summed E-state index contributed by atoms with van der Waals surface area (Å²) in [7, 11) is 0. The number of hydrogen-bond donors (Lipinski definition) is 3. The number of carboxylic acid groups (broad SMARTS) is 1. The van der Waals surface area contributed by atoms with Gasteiger partial charge in [-0.2, -0.15) is 0 Å². The molecule has 3 N–H and O–H groups in total. The van der Waals surface area contributed by atoms with Crippen LogP contribution in [-0.2, 0) is 16.1 Å². The Labute approximate surface area is 136 Å². The molecule has 1 amide bonds. The van der Waals surface area contributed by atoms with E-state index in [0.717, 1.165) is 16.2 Å². The highest BCUT2D eigenvalue weighted by molar-refractivity contribution is 5.77. The Hall–Kier alpha value is -3.16. The van der Waals surface area contributed by atoms with Crippen LogP contribution in [0.2, 0.25) is 0 Å². The van der Waals surface area contributed by atoms with E-state index in [0.29, 0.717) is 5.56 Å². The maximum Gasteiger partial charge on any atom is 0.328 e. The first kappa shape index (κ1) is 17.2. The average Bonchev–Trinajstić information content (AvgIpc) is 2.49. The van der Waals surface area contributed by atoms with Gasteiger partial charge in [0.2, 0.25) is 5.91 Å². The van der Waals surface area contributed by atoms with Gasteiger partial charge in [0.1, 0.15) is 6.54 Å². The highest BCUT2D eigenvalue weighted by atomic mass is 16.4. The van der Waals surface area contributed by atoms with Crippen LogP contribution in [0, 0.1) is 6.92 Å². The van der Waals surface area contributed by atoms with Crippen molar-refractivity contribution < 1.29 is 14.7 Å². The summed E-state index contributed by atoms with van der Waals surface area (Å²) in [5.74, 6) is -1.58. The van der Waals surface area contributed by atoms with Crippen LogP contribution in [0.25, 0.3) is 0 Å². The van der Waals surface area contributed by atoms with Crippen molar-refractivity contribution in [2.75, 3.05) is 0 Å². The summed E-state index contributed by atoms with van der Waals surface area (Å²) in [5.41, 5.74) is 0.288. The molecule has 0 aliphatic rings. The van der Waals surface area contributed by atoms with E-state index in [4.69, 9.17) is 5.11 Å². The van der Waals surface area contributed by atoms with Gasteiger partial charge in [-0.05, 0) is 18.1 Å². The normalized spacial score (nSPS) is 11.7. The molecular weight excluding hydrogens is 314 g/mol. The van der Waals surface area contributed by atoms with Gasteiger partial charge in [-0.1, -0.05) is 24.3 Å². The number of aliphatic carboxylic acids is 1. The lowest BCUT2D eigenvalue weighted by Crippen LogP contribution is -2.37. The second-order valence-electron chi connectivity index (χ2n) is 5.31. The summed E-state index contributed by atoms with van der Waals surface area (Å²) in [4.78, 5) is 47.9. The molecule has 0 radical (unpaired) electrons. The number of aromatic nitrogens is 2. The van der Waals surface area contributed by atoms with Crippen LogP contribution >= 0.6 is 0 Å².